The van der Waals surface area contributed by atoms with Gasteiger partial charge in [0.1, 0.15) is 11.6 Å². The molecule has 22 heteroatoms. The van der Waals surface area contributed by atoms with E-state index in [0.29, 0.717) is 24.6 Å². The minimum atomic E-state index is -5.08. The second kappa shape index (κ2) is 18.1. The average molecular weight is 929 g/mol. The Morgan fingerprint density at radius 2 is 1.68 bits per heavy atom. The Labute approximate surface area is 371 Å². The molecular formula is C44H46F6N8O8. The van der Waals surface area contributed by atoms with Crippen LogP contribution in [0, 0.1) is 23.4 Å². The highest BCUT2D eigenvalue weighted by Crippen LogP contribution is 2.37. The van der Waals surface area contributed by atoms with Gasteiger partial charge in [0.2, 0.25) is 17.6 Å². The van der Waals surface area contributed by atoms with E-state index in [-0.39, 0.29) is 42.1 Å². The molecule has 3 amide bonds. The molecule has 0 bridgehead atoms. The summed E-state index contributed by atoms with van der Waals surface area (Å²) in [4.78, 5) is 63.6. The smallest absolute Gasteiger partial charge is 0.490 e. The van der Waals surface area contributed by atoms with Crippen LogP contribution >= 0.6 is 0 Å². The zero-order valence-corrected chi connectivity index (χ0v) is 35.5. The van der Waals surface area contributed by atoms with Crippen LogP contribution in [0.2, 0.25) is 0 Å². The van der Waals surface area contributed by atoms with E-state index in [1.165, 1.54) is 4.57 Å². The normalized spacial score (nSPS) is 21.1. The second-order valence-corrected chi connectivity index (χ2v) is 17.3. The molecule has 4 aliphatic rings. The van der Waals surface area contributed by atoms with Gasteiger partial charge in [0.25, 0.3) is 5.91 Å². The zero-order valence-electron chi connectivity index (χ0n) is 35.5. The fraction of sp³-hybridized carbons (Fsp3) is 0.455. The number of ether oxygens (including phenoxy) is 1. The van der Waals surface area contributed by atoms with Gasteiger partial charge < -0.3 is 25.2 Å². The molecule has 1 saturated carbocycles. The number of nitrogens with zero attached hydrogens (tertiary/aromatic N) is 6. The number of anilines is 1. The third kappa shape index (κ3) is 9.33. The molecule has 3 aliphatic heterocycles. The number of imide groups is 1. The number of fused-ring (bicyclic) bond motifs is 2. The van der Waals surface area contributed by atoms with Crippen molar-refractivity contribution in [2.24, 2.45) is 13.0 Å². The summed E-state index contributed by atoms with van der Waals surface area (Å²) in [6.45, 7) is 4.89. The molecule has 4 fully saturated rings. The topological polar surface area (TPSA) is 193 Å². The number of carbonyl (C=O) groups is 4. The Bertz CT molecular complexity index is 2770. The number of hydrogen-bond donors (Lipinski definition) is 4. The Morgan fingerprint density at radius 1 is 0.955 bits per heavy atom. The molecule has 66 heavy (non-hydrogen) atoms. The number of phenols is 1. The summed E-state index contributed by atoms with van der Waals surface area (Å²) in [7, 11) is 1.71. The number of carbonyl (C=O) groups excluding carboxylic acids is 3. The van der Waals surface area contributed by atoms with Crippen molar-refractivity contribution in [3.05, 3.63) is 87.7 Å². The van der Waals surface area contributed by atoms with Crippen LogP contribution in [0.1, 0.15) is 66.5 Å². The largest absolute Gasteiger partial charge is 0.503 e. The first-order valence-corrected chi connectivity index (χ1v) is 21.4. The third-order valence-electron chi connectivity index (χ3n) is 12.9. The van der Waals surface area contributed by atoms with E-state index >= 15 is 0 Å². The lowest BCUT2D eigenvalue weighted by molar-refractivity contribution is -0.192. The van der Waals surface area contributed by atoms with Crippen LogP contribution in [0.15, 0.2) is 53.5 Å². The molecule has 0 radical (unpaired) electrons. The van der Waals surface area contributed by atoms with E-state index < -0.39 is 58.8 Å². The van der Waals surface area contributed by atoms with Crippen LogP contribution in [0.25, 0.3) is 21.9 Å². The van der Waals surface area contributed by atoms with Gasteiger partial charge in [-0.15, -0.1) is 0 Å². The van der Waals surface area contributed by atoms with Gasteiger partial charge in [-0.2, -0.15) is 22.7 Å². The maximum atomic E-state index is 14.2. The van der Waals surface area contributed by atoms with Crippen LogP contribution in [0.5, 0.6) is 5.75 Å². The van der Waals surface area contributed by atoms with Crippen LogP contribution in [0.4, 0.5) is 32.0 Å². The number of aryl methyl sites for hydroxylation is 1. The quantitative estimate of drug-likeness (QED) is 0.0909. The maximum absolute atomic E-state index is 14.2. The molecular weight excluding hydrogens is 883 g/mol. The molecule has 0 unspecified atom stereocenters. The van der Waals surface area contributed by atoms with Gasteiger partial charge in [0.15, 0.2) is 17.4 Å². The number of rotatable bonds is 9. The molecule has 1 aliphatic carbocycles. The van der Waals surface area contributed by atoms with E-state index in [9.17, 15) is 50.6 Å². The molecule has 1 spiro atoms. The molecule has 3 aromatic carbocycles. The van der Waals surface area contributed by atoms with Crippen molar-refractivity contribution in [3.8, 4) is 5.75 Å². The fourth-order valence-corrected chi connectivity index (χ4v) is 9.32. The lowest BCUT2D eigenvalue weighted by Crippen LogP contribution is -2.70. The van der Waals surface area contributed by atoms with Crippen molar-refractivity contribution in [3.63, 3.8) is 0 Å². The summed E-state index contributed by atoms with van der Waals surface area (Å²) in [5.74, 6) is -10.5. The summed E-state index contributed by atoms with van der Waals surface area (Å²) in [5.41, 5.74) is 3.20. The Hall–Kier alpha value is -6.42. The lowest BCUT2D eigenvalue weighted by atomic mass is 9.86. The van der Waals surface area contributed by atoms with Crippen molar-refractivity contribution in [2.45, 2.75) is 68.8 Å². The summed E-state index contributed by atoms with van der Waals surface area (Å²) in [6.07, 6.45) is 1.49. The van der Waals surface area contributed by atoms with Gasteiger partial charge in [0.05, 0.1) is 47.9 Å². The number of hydrogen-bond acceptors (Lipinski definition) is 10. The monoisotopic (exact) mass is 928 g/mol. The zero-order chi connectivity index (χ0) is 47.2. The first kappa shape index (κ1) is 46.1. The number of amides is 3. The number of morpholine rings is 1. The molecule has 3 saturated heterocycles. The van der Waals surface area contributed by atoms with Crippen molar-refractivity contribution < 1.29 is 60.5 Å². The molecule has 1 atom stereocenters. The first-order valence-electron chi connectivity index (χ1n) is 21.4. The number of alkyl halides is 3. The molecule has 5 aromatic rings. The number of aromatic nitrogens is 4. The number of imidazole rings is 1. The van der Waals surface area contributed by atoms with Crippen molar-refractivity contribution in [1.82, 2.24) is 34.4 Å². The predicted molar refractivity (Wildman–Crippen MR) is 224 cm³/mol. The van der Waals surface area contributed by atoms with Crippen molar-refractivity contribution in [2.75, 3.05) is 50.8 Å². The minimum Gasteiger partial charge on any atom is -0.503 e. The predicted octanol–water partition coefficient (Wildman–Crippen LogP) is 4.72. The van der Waals surface area contributed by atoms with Crippen molar-refractivity contribution in [1.29, 1.82) is 0 Å². The number of benzene rings is 3. The Balaban J connectivity index is 0.000000785. The first-order chi connectivity index (χ1) is 31.3. The van der Waals surface area contributed by atoms with E-state index in [1.54, 1.807) is 11.6 Å². The SMILES string of the molecule is Cn1c(=O)n([C@@H]2CCC(=O)NC2=O)c2ccc(CCN3CCOC4(C3)CN(c3ccc5cn(C6CCC(CNC(=O)c7cc(F)c(O)c(F)c7F)CC6)nc5c3)C4)cc21.O=C(O)C(F)(F)F. The molecule has 9 rings (SSSR count). The summed E-state index contributed by atoms with van der Waals surface area (Å²) >= 11 is 0. The number of carboxylic acids is 1. The van der Waals surface area contributed by atoms with Crippen LogP contribution in [0.3, 0.4) is 0 Å². The molecule has 16 nitrogen and oxygen atoms in total. The highest BCUT2D eigenvalue weighted by atomic mass is 19.4. The maximum Gasteiger partial charge on any atom is 0.490 e. The standard InChI is InChI=1S/C42H45F3N8O6.C2HF3O2/c1-49-34-16-24(4-9-32(34)53(41(49)58)33-10-11-35(54)47-40(33)57)12-13-50-14-15-59-42(21-50)22-51(23-42)28-8-5-26-20-52(48-31(26)17-28)27-6-2-25(3-7-27)19-46-39(56)29-18-30(43)38(55)37(45)36(29)44;3-2(4,5)1(6)7/h4-5,8-9,16-18,20,25,27,33,55H,2-3,6-7,10-15,19,21-23H2,1H3,(H,46,56)(H,47,54,57);(H,6,7)/t25?,27?,33-;/m1./s1. The molecule has 5 heterocycles. The van der Waals surface area contributed by atoms with Gasteiger partial charge in [-0.1, -0.05) is 6.07 Å². The molecule has 2 aromatic heterocycles. The summed E-state index contributed by atoms with van der Waals surface area (Å²) in [6, 6.07) is 12.2. The van der Waals surface area contributed by atoms with Gasteiger partial charge in [-0.05, 0) is 86.4 Å². The van der Waals surface area contributed by atoms with Crippen LogP contribution in [-0.2, 0) is 32.6 Å². The van der Waals surface area contributed by atoms with Gasteiger partial charge in [0, 0.05) is 56.9 Å². The lowest BCUT2D eigenvalue weighted by Gasteiger charge is -2.54. The molecule has 4 N–H and O–H groups in total. The Morgan fingerprint density at radius 3 is 2.38 bits per heavy atom. The number of carboxylic acid groups (broad SMARTS) is 1. The number of nitrogens with one attached hydrogen (secondary N) is 2. The summed E-state index contributed by atoms with van der Waals surface area (Å²) < 4.78 is 84.8. The summed E-state index contributed by atoms with van der Waals surface area (Å²) in [5, 5.41) is 27.3. The van der Waals surface area contributed by atoms with E-state index in [2.05, 4.69) is 44.8 Å². The third-order valence-corrected chi connectivity index (χ3v) is 12.9. The van der Waals surface area contributed by atoms with Crippen molar-refractivity contribution >= 4 is 51.3 Å². The number of phenolic OH excluding ortho intramolecular Hbond substituents is 1. The highest BCUT2D eigenvalue weighted by Gasteiger charge is 2.47. The number of piperidine rings is 1. The van der Waals surface area contributed by atoms with Gasteiger partial charge >= 0.3 is 17.8 Å². The van der Waals surface area contributed by atoms with Gasteiger partial charge in [-0.25, -0.2) is 18.4 Å². The van der Waals surface area contributed by atoms with E-state index in [0.717, 1.165) is 92.5 Å². The number of aliphatic carboxylic acids is 1. The van der Waals surface area contributed by atoms with E-state index in [1.807, 2.05) is 22.9 Å². The number of halogens is 6. The van der Waals surface area contributed by atoms with Gasteiger partial charge in [-0.3, -0.25) is 38.4 Å². The highest BCUT2D eigenvalue weighted by molar-refractivity contribution is 6.00. The fourth-order valence-electron chi connectivity index (χ4n) is 9.32. The molecule has 352 valence electrons. The van der Waals surface area contributed by atoms with E-state index in [4.69, 9.17) is 19.7 Å². The van der Waals surface area contributed by atoms with Crippen LogP contribution < -0.4 is 21.2 Å². The van der Waals surface area contributed by atoms with Crippen LogP contribution in [-0.4, -0.2) is 115 Å². The number of aromatic hydroxyl groups is 1. The Kier molecular flexibility index (Phi) is 12.7. The average Bonchev–Trinajstić information content (AvgIpc) is 3.81. The second-order valence-electron chi connectivity index (χ2n) is 17.3. The minimum absolute atomic E-state index is 0.117.